The van der Waals surface area contributed by atoms with Gasteiger partial charge < -0.3 is 10.0 Å². The van der Waals surface area contributed by atoms with Gasteiger partial charge in [-0.25, -0.2) is 4.98 Å². The van der Waals surface area contributed by atoms with Gasteiger partial charge in [0.1, 0.15) is 5.15 Å². The van der Waals surface area contributed by atoms with Crippen molar-refractivity contribution in [2.24, 2.45) is 0 Å². The first-order chi connectivity index (χ1) is 6.54. The van der Waals surface area contributed by atoms with E-state index in [-0.39, 0.29) is 6.61 Å². The summed E-state index contributed by atoms with van der Waals surface area (Å²) in [4.78, 5) is 6.80. The Kier molecular flexibility index (Phi) is 3.92. The van der Waals surface area contributed by atoms with Crippen LogP contribution in [0.2, 0.25) is 5.15 Å². The van der Waals surface area contributed by atoms with Gasteiger partial charge >= 0.3 is 0 Å². The molecule has 1 rings (SSSR count). The minimum Gasteiger partial charge on any atom is -0.391 e. The van der Waals surface area contributed by atoms with Crippen molar-refractivity contribution in [2.45, 2.75) is 13.5 Å². The minimum atomic E-state index is -0.0581. The van der Waals surface area contributed by atoms with Crippen LogP contribution in [0.25, 0.3) is 0 Å². The Morgan fingerprint density at radius 3 is 2.79 bits per heavy atom. The topological polar surface area (TPSA) is 36.4 Å². The average molecular weight is 233 g/mol. The molecule has 0 aliphatic carbocycles. The molecular formula is C9H13ClN2OS. The molecule has 0 saturated carbocycles. The first-order valence-electron chi connectivity index (χ1n) is 4.16. The molecule has 0 atom stereocenters. The van der Waals surface area contributed by atoms with Crippen LogP contribution in [0.1, 0.15) is 11.8 Å². The van der Waals surface area contributed by atoms with E-state index >= 15 is 0 Å². The lowest BCUT2D eigenvalue weighted by molar-refractivity contribution is 0.285. The number of anilines is 1. The van der Waals surface area contributed by atoms with Crippen molar-refractivity contribution in [1.29, 1.82) is 0 Å². The summed E-state index contributed by atoms with van der Waals surface area (Å²) in [6.07, 6.45) is 0. The first-order valence-corrected chi connectivity index (χ1v) is 5.35. The standard InChI is InChI=1S/C9H13ClN2OS/c1-6(2)4-12(3)9-11-8(10)7(5-13)14-9/h13H,1,4-5H2,2-3H3. The summed E-state index contributed by atoms with van der Waals surface area (Å²) in [7, 11) is 1.92. The summed E-state index contributed by atoms with van der Waals surface area (Å²) in [5, 5.41) is 10.1. The Morgan fingerprint density at radius 2 is 2.36 bits per heavy atom. The monoisotopic (exact) mass is 232 g/mol. The fourth-order valence-corrected chi connectivity index (χ4v) is 2.13. The molecule has 0 aliphatic heterocycles. The Labute approximate surface area is 92.6 Å². The van der Waals surface area contributed by atoms with Gasteiger partial charge in [0.05, 0.1) is 11.5 Å². The molecule has 0 aliphatic rings. The molecule has 0 radical (unpaired) electrons. The number of likely N-dealkylation sites (N-methyl/N-ethyl adjacent to an activating group) is 1. The van der Waals surface area contributed by atoms with E-state index in [0.29, 0.717) is 10.0 Å². The summed E-state index contributed by atoms with van der Waals surface area (Å²) in [5.41, 5.74) is 1.06. The molecule has 0 amide bonds. The van der Waals surface area contributed by atoms with E-state index < -0.39 is 0 Å². The number of aromatic nitrogens is 1. The van der Waals surface area contributed by atoms with E-state index in [1.807, 2.05) is 18.9 Å². The molecule has 0 aromatic carbocycles. The number of nitrogens with zero attached hydrogens (tertiary/aromatic N) is 2. The van der Waals surface area contributed by atoms with Crippen LogP contribution in [-0.4, -0.2) is 23.7 Å². The highest BCUT2D eigenvalue weighted by atomic mass is 35.5. The number of aliphatic hydroxyl groups excluding tert-OH is 1. The summed E-state index contributed by atoms with van der Waals surface area (Å²) >= 11 is 7.22. The van der Waals surface area contributed by atoms with E-state index in [1.54, 1.807) is 0 Å². The van der Waals surface area contributed by atoms with Gasteiger partial charge in [-0.05, 0) is 6.92 Å². The lowest BCUT2D eigenvalue weighted by Gasteiger charge is -2.14. The Balaban J connectivity index is 2.80. The van der Waals surface area contributed by atoms with Crippen LogP contribution in [-0.2, 0) is 6.61 Å². The van der Waals surface area contributed by atoms with Crippen molar-refractivity contribution < 1.29 is 5.11 Å². The fraction of sp³-hybridized carbons (Fsp3) is 0.444. The van der Waals surface area contributed by atoms with Crippen LogP contribution >= 0.6 is 22.9 Å². The van der Waals surface area contributed by atoms with Crippen LogP contribution in [0.4, 0.5) is 5.13 Å². The molecule has 0 spiro atoms. The van der Waals surface area contributed by atoms with Gasteiger partial charge in [-0.1, -0.05) is 35.1 Å². The maximum Gasteiger partial charge on any atom is 0.187 e. The molecule has 0 fully saturated rings. The number of hydrogen-bond acceptors (Lipinski definition) is 4. The van der Waals surface area contributed by atoms with Gasteiger partial charge in [-0.2, -0.15) is 0 Å². The SMILES string of the molecule is C=C(C)CN(C)c1nc(Cl)c(CO)s1. The number of hydrogen-bond donors (Lipinski definition) is 1. The normalized spacial score (nSPS) is 10.3. The van der Waals surface area contributed by atoms with E-state index in [9.17, 15) is 0 Å². The van der Waals surface area contributed by atoms with Crippen LogP contribution in [0, 0.1) is 0 Å². The van der Waals surface area contributed by atoms with Crippen LogP contribution < -0.4 is 4.90 Å². The molecule has 78 valence electrons. The smallest absolute Gasteiger partial charge is 0.187 e. The molecule has 14 heavy (non-hydrogen) atoms. The highest BCUT2D eigenvalue weighted by Gasteiger charge is 2.11. The molecule has 0 unspecified atom stereocenters. The average Bonchev–Trinajstić information content (AvgIpc) is 2.45. The zero-order valence-corrected chi connectivity index (χ0v) is 9.82. The Bertz CT molecular complexity index is 338. The largest absolute Gasteiger partial charge is 0.391 e. The van der Waals surface area contributed by atoms with Crippen molar-refractivity contribution in [3.05, 3.63) is 22.2 Å². The third-order valence-electron chi connectivity index (χ3n) is 1.62. The summed E-state index contributed by atoms with van der Waals surface area (Å²) in [5.74, 6) is 0. The third kappa shape index (κ3) is 2.70. The molecule has 1 heterocycles. The van der Waals surface area contributed by atoms with Gasteiger partial charge in [0.2, 0.25) is 0 Å². The molecule has 1 aromatic rings. The summed E-state index contributed by atoms with van der Waals surface area (Å²) in [6, 6.07) is 0. The van der Waals surface area contributed by atoms with E-state index in [1.165, 1.54) is 11.3 Å². The van der Waals surface area contributed by atoms with Gasteiger partial charge in [-0.3, -0.25) is 0 Å². The predicted octanol–water partition coefficient (Wildman–Crippen LogP) is 2.30. The van der Waals surface area contributed by atoms with Crippen molar-refractivity contribution in [3.8, 4) is 0 Å². The molecule has 0 saturated heterocycles. The molecule has 0 bridgehead atoms. The van der Waals surface area contributed by atoms with Crippen LogP contribution in [0.3, 0.4) is 0 Å². The quantitative estimate of drug-likeness (QED) is 0.810. The van der Waals surface area contributed by atoms with E-state index in [4.69, 9.17) is 16.7 Å². The third-order valence-corrected chi connectivity index (χ3v) is 3.19. The van der Waals surface area contributed by atoms with Crippen LogP contribution in [0.15, 0.2) is 12.2 Å². The van der Waals surface area contributed by atoms with Crippen molar-refractivity contribution in [2.75, 3.05) is 18.5 Å². The lowest BCUT2D eigenvalue weighted by Crippen LogP contribution is -2.18. The highest BCUT2D eigenvalue weighted by Crippen LogP contribution is 2.29. The van der Waals surface area contributed by atoms with E-state index in [2.05, 4.69) is 11.6 Å². The number of halogens is 1. The van der Waals surface area contributed by atoms with Crippen LogP contribution in [0.5, 0.6) is 0 Å². The first kappa shape index (κ1) is 11.5. The molecule has 3 nitrogen and oxygen atoms in total. The number of rotatable bonds is 4. The molecule has 5 heteroatoms. The van der Waals surface area contributed by atoms with E-state index in [0.717, 1.165) is 17.2 Å². The Morgan fingerprint density at radius 1 is 1.71 bits per heavy atom. The maximum atomic E-state index is 8.95. The van der Waals surface area contributed by atoms with Gasteiger partial charge in [0, 0.05) is 13.6 Å². The second-order valence-electron chi connectivity index (χ2n) is 3.18. The van der Waals surface area contributed by atoms with Crippen molar-refractivity contribution in [3.63, 3.8) is 0 Å². The highest BCUT2D eigenvalue weighted by molar-refractivity contribution is 7.16. The molecular weight excluding hydrogens is 220 g/mol. The minimum absolute atomic E-state index is 0.0581. The zero-order valence-electron chi connectivity index (χ0n) is 8.25. The van der Waals surface area contributed by atoms with Gasteiger partial charge in [-0.15, -0.1) is 0 Å². The number of thiazole rings is 1. The summed E-state index contributed by atoms with van der Waals surface area (Å²) < 4.78 is 0. The Hall–Kier alpha value is -0.580. The second-order valence-corrected chi connectivity index (χ2v) is 4.60. The van der Waals surface area contributed by atoms with Crippen molar-refractivity contribution >= 4 is 28.1 Å². The maximum absolute atomic E-state index is 8.95. The van der Waals surface area contributed by atoms with Gasteiger partial charge in [0.25, 0.3) is 0 Å². The summed E-state index contributed by atoms with van der Waals surface area (Å²) in [6.45, 7) is 6.47. The lowest BCUT2D eigenvalue weighted by atomic mass is 10.3. The number of aliphatic hydroxyl groups is 1. The van der Waals surface area contributed by atoms with Gasteiger partial charge in [0.15, 0.2) is 5.13 Å². The van der Waals surface area contributed by atoms with Crippen molar-refractivity contribution in [1.82, 2.24) is 4.98 Å². The zero-order chi connectivity index (χ0) is 10.7. The molecule has 1 aromatic heterocycles. The second kappa shape index (κ2) is 4.77. The molecule has 1 N–H and O–H groups in total. The fourth-order valence-electron chi connectivity index (χ4n) is 1.05. The predicted molar refractivity (Wildman–Crippen MR) is 61.1 cm³/mol.